The molecule has 0 saturated carbocycles. The SMILES string of the molecule is CSc1nc(N(C(C)=O)[C@@H]2O[C@H](COC(C)=O)[C@@H](OC(C)=O)[C@H](OC(C)=O)[C@H]2OC(C)=O)c2nc(C)oc2n1. The number of aromatic nitrogens is 3. The maximum absolute atomic E-state index is 13.2. The predicted octanol–water partition coefficient (Wildman–Crippen LogP) is 1.08. The first-order valence-electron chi connectivity index (χ1n) is 11.6. The van der Waals surface area contributed by atoms with Crippen molar-refractivity contribution >= 4 is 58.6 Å². The number of rotatable bonds is 8. The van der Waals surface area contributed by atoms with Crippen molar-refractivity contribution in [1.82, 2.24) is 15.0 Å². The Kier molecular flexibility index (Phi) is 9.45. The van der Waals surface area contributed by atoms with Crippen LogP contribution >= 0.6 is 11.8 Å². The molecule has 2 aromatic rings. The van der Waals surface area contributed by atoms with Gasteiger partial charge >= 0.3 is 23.9 Å². The molecule has 0 bridgehead atoms. The van der Waals surface area contributed by atoms with Crippen LogP contribution in [0.4, 0.5) is 5.82 Å². The van der Waals surface area contributed by atoms with Crippen LogP contribution in [0.5, 0.6) is 0 Å². The van der Waals surface area contributed by atoms with Gasteiger partial charge in [0.1, 0.15) is 12.7 Å². The molecule has 3 heterocycles. The van der Waals surface area contributed by atoms with E-state index in [4.69, 9.17) is 28.1 Å². The second kappa shape index (κ2) is 12.4. The molecule has 0 aromatic carbocycles. The molecule has 2 aromatic heterocycles. The number of carbonyl (C=O) groups excluding carboxylic acids is 5. The molecule has 16 heteroatoms. The highest BCUT2D eigenvalue weighted by atomic mass is 32.2. The molecule has 1 aliphatic heterocycles. The Hall–Kier alpha value is -3.79. The topological polar surface area (TPSA) is 187 Å². The summed E-state index contributed by atoms with van der Waals surface area (Å²) in [6, 6.07) is 0. The van der Waals surface area contributed by atoms with Gasteiger partial charge in [0.15, 0.2) is 46.9 Å². The molecule has 0 radical (unpaired) electrons. The van der Waals surface area contributed by atoms with Gasteiger partial charge in [-0.2, -0.15) is 4.98 Å². The van der Waals surface area contributed by atoms with Crippen LogP contribution in [-0.4, -0.2) is 88.2 Å². The largest absolute Gasteiger partial charge is 0.463 e. The van der Waals surface area contributed by atoms with E-state index in [0.717, 1.165) is 44.4 Å². The van der Waals surface area contributed by atoms with Crippen molar-refractivity contribution in [1.29, 1.82) is 0 Å². The molecule has 212 valence electrons. The third-order valence-electron chi connectivity index (χ3n) is 5.30. The maximum Gasteiger partial charge on any atom is 0.303 e. The number of thioether (sulfide) groups is 1. The summed E-state index contributed by atoms with van der Waals surface area (Å²) in [6.07, 6.45) is -5.47. The normalized spacial score (nSPS) is 22.6. The molecule has 0 spiro atoms. The summed E-state index contributed by atoms with van der Waals surface area (Å²) in [5.41, 5.74) is 0.187. The average molecular weight is 569 g/mol. The van der Waals surface area contributed by atoms with E-state index in [0.29, 0.717) is 0 Å². The minimum absolute atomic E-state index is 0.0467. The monoisotopic (exact) mass is 568 g/mol. The molecule has 3 rings (SSSR count). The summed E-state index contributed by atoms with van der Waals surface area (Å²) in [4.78, 5) is 75.1. The van der Waals surface area contributed by atoms with E-state index in [1.54, 1.807) is 13.2 Å². The minimum Gasteiger partial charge on any atom is -0.463 e. The van der Waals surface area contributed by atoms with E-state index in [1.165, 1.54) is 6.92 Å². The number of fused-ring (bicyclic) bond motifs is 1. The van der Waals surface area contributed by atoms with Crippen LogP contribution < -0.4 is 4.90 Å². The fourth-order valence-corrected chi connectivity index (χ4v) is 4.37. The molecule has 5 atom stereocenters. The number of nitrogens with zero attached hydrogens (tertiary/aromatic N) is 4. The lowest BCUT2D eigenvalue weighted by molar-refractivity contribution is -0.252. The molecule has 15 nitrogen and oxygen atoms in total. The standard InChI is InChI=1S/C23H28N4O11S/c1-9-24-16-20(25-23(39-7)26-21(16)34-9)27(10(2)28)22-19(37-14(6)32)18(36-13(5)31)17(35-12(4)30)15(38-22)8-33-11(3)29/h15,17-19,22H,8H2,1-7H3/t15-,17-,18+,19-,22-/m1/s1. The van der Waals surface area contributed by atoms with Gasteiger partial charge in [0, 0.05) is 41.5 Å². The fourth-order valence-electron chi connectivity index (χ4n) is 4.01. The predicted molar refractivity (Wildman–Crippen MR) is 131 cm³/mol. The van der Waals surface area contributed by atoms with Gasteiger partial charge in [-0.05, 0) is 6.26 Å². The smallest absolute Gasteiger partial charge is 0.303 e. The van der Waals surface area contributed by atoms with Crippen LogP contribution in [0.2, 0.25) is 0 Å². The van der Waals surface area contributed by atoms with Crippen LogP contribution in [0.15, 0.2) is 9.57 Å². The van der Waals surface area contributed by atoms with Gasteiger partial charge in [-0.3, -0.25) is 28.9 Å². The lowest BCUT2D eigenvalue weighted by Crippen LogP contribution is -2.67. The van der Waals surface area contributed by atoms with Gasteiger partial charge in [-0.15, -0.1) is 0 Å². The molecule has 1 fully saturated rings. The van der Waals surface area contributed by atoms with E-state index in [1.807, 2.05) is 0 Å². The molecular formula is C23H28N4O11S. The third kappa shape index (κ3) is 7.00. The number of ether oxygens (including phenoxy) is 5. The molecule has 39 heavy (non-hydrogen) atoms. The van der Waals surface area contributed by atoms with E-state index in [-0.39, 0.29) is 28.1 Å². The van der Waals surface area contributed by atoms with Crippen molar-refractivity contribution in [3.8, 4) is 0 Å². The maximum atomic E-state index is 13.2. The first-order valence-corrected chi connectivity index (χ1v) is 12.8. The number of oxazole rings is 1. The summed E-state index contributed by atoms with van der Waals surface area (Å²) in [5, 5.41) is 0.227. The first kappa shape index (κ1) is 29.8. The molecule has 0 N–H and O–H groups in total. The van der Waals surface area contributed by atoms with Crippen molar-refractivity contribution in [2.75, 3.05) is 17.8 Å². The van der Waals surface area contributed by atoms with E-state index < -0.39 is 67.0 Å². The summed E-state index contributed by atoms with van der Waals surface area (Å²) in [5.74, 6) is -3.52. The van der Waals surface area contributed by atoms with E-state index >= 15 is 0 Å². The molecular weight excluding hydrogens is 540 g/mol. The molecule has 1 aliphatic rings. The quantitative estimate of drug-likeness (QED) is 0.190. The number of aryl methyl sites for hydroxylation is 1. The lowest BCUT2D eigenvalue weighted by Gasteiger charge is -2.47. The van der Waals surface area contributed by atoms with Crippen molar-refractivity contribution < 1.29 is 52.1 Å². The summed E-state index contributed by atoms with van der Waals surface area (Å²) in [7, 11) is 0. The zero-order valence-electron chi connectivity index (χ0n) is 22.3. The highest BCUT2D eigenvalue weighted by Gasteiger charge is 2.55. The number of anilines is 1. The van der Waals surface area contributed by atoms with E-state index in [9.17, 15) is 24.0 Å². The average Bonchev–Trinajstić information content (AvgIpc) is 3.20. The van der Waals surface area contributed by atoms with Crippen LogP contribution in [0.1, 0.15) is 40.5 Å². The Bertz CT molecular complexity index is 1280. The number of esters is 4. The summed E-state index contributed by atoms with van der Waals surface area (Å²) in [6.45, 7) is 6.78. The van der Waals surface area contributed by atoms with E-state index in [2.05, 4.69) is 15.0 Å². The Balaban J connectivity index is 2.25. The second-order valence-electron chi connectivity index (χ2n) is 8.40. The Morgan fingerprint density at radius 3 is 1.97 bits per heavy atom. The summed E-state index contributed by atoms with van der Waals surface area (Å²) >= 11 is 1.16. The molecule has 1 amide bonds. The van der Waals surface area contributed by atoms with Gasteiger partial charge in [0.25, 0.3) is 5.71 Å². The first-order chi connectivity index (χ1) is 18.3. The fraction of sp³-hybridized carbons (Fsp3) is 0.565. The zero-order valence-corrected chi connectivity index (χ0v) is 23.1. The van der Waals surface area contributed by atoms with Crippen LogP contribution in [0.25, 0.3) is 11.2 Å². The summed E-state index contributed by atoms with van der Waals surface area (Å²) < 4.78 is 33.1. The minimum atomic E-state index is -1.52. The number of amides is 1. The molecule has 0 unspecified atom stereocenters. The van der Waals surface area contributed by atoms with Crippen molar-refractivity contribution in [2.24, 2.45) is 0 Å². The van der Waals surface area contributed by atoms with Crippen LogP contribution in [0, 0.1) is 6.92 Å². The number of hydrogen-bond donors (Lipinski definition) is 0. The number of carbonyl (C=O) groups is 5. The van der Waals surface area contributed by atoms with Crippen molar-refractivity contribution in [2.45, 2.75) is 77.3 Å². The Morgan fingerprint density at radius 1 is 0.846 bits per heavy atom. The molecule has 0 aliphatic carbocycles. The Morgan fingerprint density at radius 2 is 1.44 bits per heavy atom. The van der Waals surface area contributed by atoms with Gasteiger partial charge in [0.05, 0.1) is 0 Å². The van der Waals surface area contributed by atoms with Gasteiger partial charge in [0.2, 0.25) is 5.91 Å². The van der Waals surface area contributed by atoms with Gasteiger partial charge < -0.3 is 28.1 Å². The Labute approximate surface area is 226 Å². The number of hydrogen-bond acceptors (Lipinski definition) is 15. The van der Waals surface area contributed by atoms with Crippen LogP contribution in [0.3, 0.4) is 0 Å². The van der Waals surface area contributed by atoms with Crippen molar-refractivity contribution in [3.63, 3.8) is 0 Å². The molecule has 1 saturated heterocycles. The van der Waals surface area contributed by atoms with Crippen LogP contribution in [-0.2, 0) is 47.7 Å². The van der Waals surface area contributed by atoms with Crippen molar-refractivity contribution in [3.05, 3.63) is 5.89 Å². The highest BCUT2D eigenvalue weighted by molar-refractivity contribution is 7.98. The second-order valence-corrected chi connectivity index (χ2v) is 9.17. The lowest BCUT2D eigenvalue weighted by atomic mass is 9.96. The van der Waals surface area contributed by atoms with Gasteiger partial charge in [-0.25, -0.2) is 9.97 Å². The zero-order chi connectivity index (χ0) is 29.0. The van der Waals surface area contributed by atoms with Gasteiger partial charge in [-0.1, -0.05) is 11.8 Å². The third-order valence-corrected chi connectivity index (χ3v) is 5.85. The highest BCUT2D eigenvalue weighted by Crippen LogP contribution is 2.35.